The molecular formula is C20H18Cl2N6O3. The van der Waals surface area contributed by atoms with E-state index in [0.29, 0.717) is 28.7 Å². The summed E-state index contributed by atoms with van der Waals surface area (Å²) in [5, 5.41) is 3.65. The number of rotatable bonds is 7. The highest BCUT2D eigenvalue weighted by Crippen LogP contribution is 2.26. The predicted octanol–water partition coefficient (Wildman–Crippen LogP) is 4.04. The summed E-state index contributed by atoms with van der Waals surface area (Å²) < 4.78 is 4.95. The van der Waals surface area contributed by atoms with Crippen molar-refractivity contribution in [3.8, 4) is 0 Å². The maximum atomic E-state index is 12.3. The van der Waals surface area contributed by atoms with E-state index in [4.69, 9.17) is 33.7 Å². The lowest BCUT2D eigenvalue weighted by molar-refractivity contribution is 0.0526. The lowest BCUT2D eigenvalue weighted by Gasteiger charge is -2.13. The van der Waals surface area contributed by atoms with Gasteiger partial charge in [0.15, 0.2) is 11.6 Å². The summed E-state index contributed by atoms with van der Waals surface area (Å²) in [6.45, 7) is 2.04. The number of esters is 1. The Morgan fingerprint density at radius 3 is 2.45 bits per heavy atom. The highest BCUT2D eigenvalue weighted by molar-refractivity contribution is 6.36. The van der Waals surface area contributed by atoms with Crippen LogP contribution in [-0.2, 0) is 4.74 Å². The van der Waals surface area contributed by atoms with Crippen LogP contribution in [0.1, 0.15) is 27.6 Å². The molecule has 1 heterocycles. The molecule has 0 unspecified atom stereocenters. The van der Waals surface area contributed by atoms with Gasteiger partial charge in [-0.3, -0.25) is 15.6 Å². The summed E-state index contributed by atoms with van der Waals surface area (Å²) in [6, 6.07) is 11.1. The Kier molecular flexibility index (Phi) is 7.11. The SMILES string of the molecule is CCOC(=O)c1ccc(Nc2ncnc(NNC(=O)c3ccc(Cl)cc3Cl)c2N)cc1. The maximum Gasteiger partial charge on any atom is 0.338 e. The van der Waals surface area contributed by atoms with Gasteiger partial charge in [-0.05, 0) is 49.4 Å². The summed E-state index contributed by atoms with van der Waals surface area (Å²) >= 11 is 11.9. The van der Waals surface area contributed by atoms with Crippen LogP contribution < -0.4 is 21.9 Å². The van der Waals surface area contributed by atoms with Crippen LogP contribution in [0.2, 0.25) is 10.0 Å². The number of carbonyl (C=O) groups is 2. The van der Waals surface area contributed by atoms with Crippen LogP contribution in [-0.4, -0.2) is 28.5 Å². The number of hydrogen-bond donors (Lipinski definition) is 4. The number of carbonyl (C=O) groups excluding carboxylic acids is 2. The van der Waals surface area contributed by atoms with Gasteiger partial charge in [-0.25, -0.2) is 14.8 Å². The van der Waals surface area contributed by atoms with Gasteiger partial charge in [-0.1, -0.05) is 23.2 Å². The van der Waals surface area contributed by atoms with E-state index in [1.54, 1.807) is 37.3 Å². The number of nitrogen functional groups attached to an aromatic ring is 1. The Balaban J connectivity index is 1.68. The molecule has 1 amide bonds. The average Bonchev–Trinajstić information content (AvgIpc) is 2.75. The van der Waals surface area contributed by atoms with E-state index in [0.717, 1.165) is 0 Å². The number of nitrogens with one attached hydrogen (secondary N) is 3. The van der Waals surface area contributed by atoms with Crippen molar-refractivity contribution in [1.29, 1.82) is 0 Å². The number of hydrogen-bond acceptors (Lipinski definition) is 8. The normalized spacial score (nSPS) is 10.3. The molecule has 0 aliphatic rings. The molecule has 0 spiro atoms. The summed E-state index contributed by atoms with van der Waals surface area (Å²) in [7, 11) is 0. The topological polar surface area (TPSA) is 131 Å². The first-order valence-electron chi connectivity index (χ1n) is 9.05. The standard InChI is InChI=1S/C20H18Cl2N6O3/c1-2-31-20(30)11-3-6-13(7-4-11)26-17-16(23)18(25-10-24-17)27-28-19(29)14-8-5-12(21)9-15(14)22/h3-10H,2,23H2,1H3,(H,28,29)(H2,24,25,26,27). The molecule has 0 radical (unpaired) electrons. The molecule has 2 aromatic carbocycles. The van der Waals surface area contributed by atoms with Gasteiger partial charge in [0.05, 0.1) is 22.8 Å². The fraction of sp³-hybridized carbons (Fsp3) is 0.100. The zero-order chi connectivity index (χ0) is 22.4. The summed E-state index contributed by atoms with van der Waals surface area (Å²) in [5.74, 6) is -0.415. The number of halogens is 2. The third kappa shape index (κ3) is 5.53. The molecule has 0 atom stereocenters. The van der Waals surface area contributed by atoms with Crippen molar-refractivity contribution in [2.45, 2.75) is 6.92 Å². The Hall–Kier alpha value is -3.56. The molecule has 0 saturated heterocycles. The predicted molar refractivity (Wildman–Crippen MR) is 120 cm³/mol. The van der Waals surface area contributed by atoms with Gasteiger partial charge in [-0.2, -0.15) is 0 Å². The Bertz CT molecular complexity index is 1110. The number of anilines is 4. The molecule has 11 heteroatoms. The van der Waals surface area contributed by atoms with E-state index < -0.39 is 11.9 Å². The molecular weight excluding hydrogens is 443 g/mol. The molecule has 0 fully saturated rings. The highest BCUT2D eigenvalue weighted by Gasteiger charge is 2.13. The molecule has 31 heavy (non-hydrogen) atoms. The molecule has 0 bridgehead atoms. The molecule has 9 nitrogen and oxygen atoms in total. The van der Waals surface area contributed by atoms with Crippen LogP contribution in [0.5, 0.6) is 0 Å². The zero-order valence-corrected chi connectivity index (χ0v) is 17.8. The Morgan fingerprint density at radius 1 is 1.06 bits per heavy atom. The molecule has 3 aromatic rings. The molecule has 1 aromatic heterocycles. The largest absolute Gasteiger partial charge is 0.462 e. The van der Waals surface area contributed by atoms with Gasteiger partial charge < -0.3 is 15.8 Å². The molecule has 3 rings (SSSR count). The third-order valence-corrected chi connectivity index (χ3v) is 4.56. The monoisotopic (exact) mass is 460 g/mol. The van der Waals surface area contributed by atoms with Crippen molar-refractivity contribution in [2.24, 2.45) is 0 Å². The molecule has 0 saturated carbocycles. The lowest BCUT2D eigenvalue weighted by Crippen LogP contribution is -2.30. The second kappa shape index (κ2) is 9.96. The van der Waals surface area contributed by atoms with Gasteiger partial charge in [0.25, 0.3) is 5.91 Å². The van der Waals surface area contributed by atoms with Gasteiger partial charge in [-0.15, -0.1) is 0 Å². The van der Waals surface area contributed by atoms with Crippen molar-refractivity contribution in [2.75, 3.05) is 23.1 Å². The van der Waals surface area contributed by atoms with Crippen molar-refractivity contribution >= 4 is 58.1 Å². The number of nitrogens with zero attached hydrogens (tertiary/aromatic N) is 2. The van der Waals surface area contributed by atoms with Gasteiger partial charge in [0.1, 0.15) is 12.0 Å². The second-order valence-corrected chi connectivity index (χ2v) is 6.95. The van der Waals surface area contributed by atoms with E-state index >= 15 is 0 Å². The molecule has 0 aliphatic carbocycles. The van der Waals surface area contributed by atoms with Crippen molar-refractivity contribution < 1.29 is 14.3 Å². The number of benzene rings is 2. The fourth-order valence-electron chi connectivity index (χ4n) is 2.49. The average molecular weight is 461 g/mol. The van der Waals surface area contributed by atoms with Crippen molar-refractivity contribution in [3.63, 3.8) is 0 Å². The van der Waals surface area contributed by atoms with E-state index in [1.807, 2.05) is 0 Å². The number of nitrogens with two attached hydrogens (primary N) is 1. The van der Waals surface area contributed by atoms with Crippen LogP contribution in [0, 0.1) is 0 Å². The smallest absolute Gasteiger partial charge is 0.338 e. The van der Waals surface area contributed by atoms with Gasteiger partial charge >= 0.3 is 5.97 Å². The maximum absolute atomic E-state index is 12.3. The Labute approximate surface area is 187 Å². The first-order chi connectivity index (χ1) is 14.9. The fourth-order valence-corrected chi connectivity index (χ4v) is 2.99. The van der Waals surface area contributed by atoms with Gasteiger partial charge in [0.2, 0.25) is 0 Å². The van der Waals surface area contributed by atoms with Crippen molar-refractivity contribution in [1.82, 2.24) is 15.4 Å². The van der Waals surface area contributed by atoms with E-state index in [9.17, 15) is 9.59 Å². The number of ether oxygens (including phenoxy) is 1. The molecule has 5 N–H and O–H groups in total. The minimum Gasteiger partial charge on any atom is -0.462 e. The minimum atomic E-state index is -0.497. The van der Waals surface area contributed by atoms with Gasteiger partial charge in [0, 0.05) is 10.7 Å². The molecule has 0 aliphatic heterocycles. The van der Waals surface area contributed by atoms with Crippen LogP contribution >= 0.6 is 23.2 Å². The first kappa shape index (κ1) is 22.1. The number of aromatic nitrogens is 2. The Morgan fingerprint density at radius 2 is 1.77 bits per heavy atom. The molecule has 160 valence electrons. The quantitative estimate of drug-likeness (QED) is 0.306. The van der Waals surface area contributed by atoms with Crippen LogP contribution in [0.4, 0.5) is 23.0 Å². The lowest BCUT2D eigenvalue weighted by atomic mass is 10.2. The highest BCUT2D eigenvalue weighted by atomic mass is 35.5. The summed E-state index contributed by atoms with van der Waals surface area (Å²) in [6.07, 6.45) is 1.27. The zero-order valence-electron chi connectivity index (χ0n) is 16.3. The number of amides is 1. The van der Waals surface area contributed by atoms with E-state index in [1.165, 1.54) is 18.5 Å². The van der Waals surface area contributed by atoms with E-state index in [-0.39, 0.29) is 22.1 Å². The summed E-state index contributed by atoms with van der Waals surface area (Å²) in [4.78, 5) is 32.2. The van der Waals surface area contributed by atoms with Crippen LogP contribution in [0.15, 0.2) is 48.8 Å². The minimum absolute atomic E-state index is 0.166. The third-order valence-electron chi connectivity index (χ3n) is 4.01. The summed E-state index contributed by atoms with van der Waals surface area (Å²) in [5.41, 5.74) is 12.7. The number of hydrazine groups is 1. The first-order valence-corrected chi connectivity index (χ1v) is 9.80. The van der Waals surface area contributed by atoms with E-state index in [2.05, 4.69) is 26.1 Å². The van der Waals surface area contributed by atoms with Crippen LogP contribution in [0.3, 0.4) is 0 Å². The second-order valence-electron chi connectivity index (χ2n) is 6.11. The van der Waals surface area contributed by atoms with Crippen molar-refractivity contribution in [3.05, 3.63) is 70.0 Å². The van der Waals surface area contributed by atoms with Crippen LogP contribution in [0.25, 0.3) is 0 Å².